The van der Waals surface area contributed by atoms with E-state index in [0.717, 1.165) is 29.2 Å². The molecule has 0 spiro atoms. The monoisotopic (exact) mass is 430 g/mol. The zero-order valence-corrected chi connectivity index (χ0v) is 18.0. The van der Waals surface area contributed by atoms with Crippen LogP contribution in [0.15, 0.2) is 48.5 Å². The average Bonchev–Trinajstić information content (AvgIpc) is 2.98. The van der Waals surface area contributed by atoms with Gasteiger partial charge in [0.1, 0.15) is 6.61 Å². The molecule has 2 amide bonds. The molecule has 2 aromatic carbocycles. The van der Waals surface area contributed by atoms with Gasteiger partial charge < -0.3 is 10.1 Å². The number of nitrogens with one attached hydrogen (secondary N) is 2. The van der Waals surface area contributed by atoms with Gasteiger partial charge in [-0.3, -0.25) is 9.52 Å². The van der Waals surface area contributed by atoms with Crippen LogP contribution in [0.25, 0.3) is 11.1 Å². The summed E-state index contributed by atoms with van der Waals surface area (Å²) in [5.74, 6) is -1.33. The first-order chi connectivity index (χ1) is 14.2. The standard InChI is InChI=1S/C22H26N2O5S/c1-14(2)21(13-30(27,28)24-15(3)25)23-22(26)29-12-20-18-10-6-4-8-16(18)17-9-5-7-11-19(17)20/h4-11,14,20-21H,12-13H2,1-3H3,(H,23,26)(H,24,25)/t21-/m1/s1. The Morgan fingerprint density at radius 2 is 1.53 bits per heavy atom. The Bertz CT molecular complexity index is 1000. The molecule has 160 valence electrons. The van der Waals surface area contributed by atoms with E-state index in [-0.39, 0.29) is 18.4 Å². The molecule has 30 heavy (non-hydrogen) atoms. The summed E-state index contributed by atoms with van der Waals surface area (Å²) in [6, 6.07) is 15.3. The first-order valence-electron chi connectivity index (χ1n) is 9.80. The minimum atomic E-state index is -3.85. The maximum absolute atomic E-state index is 12.4. The highest BCUT2D eigenvalue weighted by Crippen LogP contribution is 2.44. The molecule has 0 radical (unpaired) electrons. The van der Waals surface area contributed by atoms with Gasteiger partial charge in [0, 0.05) is 12.8 Å². The summed E-state index contributed by atoms with van der Waals surface area (Å²) < 4.78 is 31.5. The van der Waals surface area contributed by atoms with Crippen molar-refractivity contribution in [3.8, 4) is 11.1 Å². The molecular weight excluding hydrogens is 404 g/mol. The first-order valence-corrected chi connectivity index (χ1v) is 11.5. The summed E-state index contributed by atoms with van der Waals surface area (Å²) in [5, 5.41) is 2.63. The molecular formula is C22H26N2O5S. The van der Waals surface area contributed by atoms with Crippen LogP contribution >= 0.6 is 0 Å². The van der Waals surface area contributed by atoms with E-state index in [9.17, 15) is 18.0 Å². The number of sulfonamides is 1. The van der Waals surface area contributed by atoms with Gasteiger partial charge in [0.05, 0.1) is 11.8 Å². The van der Waals surface area contributed by atoms with E-state index in [1.165, 1.54) is 0 Å². The first kappa shape index (κ1) is 21.8. The Hall–Kier alpha value is -2.87. The molecule has 0 bridgehead atoms. The molecule has 3 rings (SSSR count). The van der Waals surface area contributed by atoms with Crippen LogP contribution < -0.4 is 10.0 Å². The van der Waals surface area contributed by atoms with E-state index < -0.39 is 33.8 Å². The van der Waals surface area contributed by atoms with Gasteiger partial charge in [-0.2, -0.15) is 0 Å². The van der Waals surface area contributed by atoms with Gasteiger partial charge >= 0.3 is 6.09 Å². The third-order valence-corrected chi connectivity index (χ3v) is 6.55. The van der Waals surface area contributed by atoms with Crippen molar-refractivity contribution in [2.45, 2.75) is 32.7 Å². The second-order valence-electron chi connectivity index (χ2n) is 7.76. The van der Waals surface area contributed by atoms with E-state index in [1.807, 2.05) is 41.1 Å². The molecule has 0 aliphatic heterocycles. The molecule has 0 unspecified atom stereocenters. The molecule has 0 aromatic heterocycles. The number of alkyl carbamates (subject to hydrolysis) is 1. The van der Waals surface area contributed by atoms with Gasteiger partial charge in [0.25, 0.3) is 0 Å². The lowest BCUT2D eigenvalue weighted by Gasteiger charge is -2.22. The molecule has 1 atom stereocenters. The number of benzene rings is 2. The summed E-state index contributed by atoms with van der Waals surface area (Å²) in [4.78, 5) is 23.5. The molecule has 8 heteroatoms. The molecule has 7 nitrogen and oxygen atoms in total. The molecule has 0 saturated heterocycles. The smallest absolute Gasteiger partial charge is 0.407 e. The minimum absolute atomic E-state index is 0.0798. The molecule has 0 heterocycles. The van der Waals surface area contributed by atoms with Gasteiger partial charge in [0.2, 0.25) is 15.9 Å². The van der Waals surface area contributed by atoms with Gasteiger partial charge in [-0.05, 0) is 28.2 Å². The molecule has 0 saturated carbocycles. The van der Waals surface area contributed by atoms with Gasteiger partial charge in [-0.15, -0.1) is 0 Å². The van der Waals surface area contributed by atoms with Crippen LogP contribution in [0, 0.1) is 5.92 Å². The third kappa shape index (κ3) is 4.99. The predicted octanol–water partition coefficient (Wildman–Crippen LogP) is 3.02. The average molecular weight is 431 g/mol. The van der Waals surface area contributed by atoms with Crippen molar-refractivity contribution in [1.82, 2.24) is 10.0 Å². The van der Waals surface area contributed by atoms with Crippen LogP contribution in [0.3, 0.4) is 0 Å². The highest BCUT2D eigenvalue weighted by Gasteiger charge is 2.30. The maximum Gasteiger partial charge on any atom is 0.407 e. The quantitative estimate of drug-likeness (QED) is 0.703. The zero-order chi connectivity index (χ0) is 21.9. The minimum Gasteiger partial charge on any atom is -0.449 e. The summed E-state index contributed by atoms with van der Waals surface area (Å²) in [6.07, 6.45) is -0.686. The molecule has 2 N–H and O–H groups in total. The number of carbonyl (C=O) groups is 2. The number of ether oxygens (including phenoxy) is 1. The fourth-order valence-corrected chi connectivity index (χ4v) is 5.15. The van der Waals surface area contributed by atoms with Crippen LogP contribution in [0.1, 0.15) is 37.8 Å². The van der Waals surface area contributed by atoms with Crippen molar-refractivity contribution in [1.29, 1.82) is 0 Å². The predicted molar refractivity (Wildman–Crippen MR) is 114 cm³/mol. The summed E-state index contributed by atoms with van der Waals surface area (Å²) in [7, 11) is -3.85. The summed E-state index contributed by atoms with van der Waals surface area (Å²) in [5.41, 5.74) is 4.45. The van der Waals surface area contributed by atoms with Crippen LogP contribution in [0.2, 0.25) is 0 Å². The normalized spacial score (nSPS) is 14.0. The fraction of sp³-hybridized carbons (Fsp3) is 0.364. The Balaban J connectivity index is 1.67. The van der Waals surface area contributed by atoms with E-state index in [1.54, 1.807) is 13.8 Å². The van der Waals surface area contributed by atoms with Crippen LogP contribution in [-0.2, 0) is 19.6 Å². The Labute approximate surface area is 176 Å². The number of fused-ring (bicyclic) bond motifs is 3. The zero-order valence-electron chi connectivity index (χ0n) is 17.2. The van der Waals surface area contributed by atoms with Gasteiger partial charge in [-0.25, -0.2) is 13.2 Å². The van der Waals surface area contributed by atoms with Crippen LogP contribution in [-0.4, -0.2) is 38.8 Å². The second-order valence-corrected chi connectivity index (χ2v) is 9.53. The van der Waals surface area contributed by atoms with E-state index >= 15 is 0 Å². The van der Waals surface area contributed by atoms with Crippen molar-refractivity contribution in [2.24, 2.45) is 5.92 Å². The lowest BCUT2D eigenvalue weighted by Crippen LogP contribution is -2.46. The van der Waals surface area contributed by atoms with Gasteiger partial charge in [-0.1, -0.05) is 62.4 Å². The van der Waals surface area contributed by atoms with Crippen molar-refractivity contribution < 1.29 is 22.7 Å². The fourth-order valence-electron chi connectivity index (χ4n) is 3.69. The second kappa shape index (κ2) is 8.87. The number of hydrogen-bond acceptors (Lipinski definition) is 5. The molecule has 1 aliphatic rings. The molecule has 0 fully saturated rings. The number of carbonyl (C=O) groups excluding carboxylic acids is 2. The highest BCUT2D eigenvalue weighted by molar-refractivity contribution is 7.90. The van der Waals surface area contributed by atoms with Crippen molar-refractivity contribution in [3.63, 3.8) is 0 Å². The number of rotatable bonds is 7. The van der Waals surface area contributed by atoms with Crippen molar-refractivity contribution in [3.05, 3.63) is 59.7 Å². The van der Waals surface area contributed by atoms with Crippen molar-refractivity contribution >= 4 is 22.0 Å². The van der Waals surface area contributed by atoms with Crippen LogP contribution in [0.5, 0.6) is 0 Å². The SMILES string of the molecule is CC(=O)NS(=O)(=O)C[C@@H](NC(=O)OCC1c2ccccc2-c2ccccc21)C(C)C. The highest BCUT2D eigenvalue weighted by atomic mass is 32.2. The van der Waals surface area contributed by atoms with E-state index in [2.05, 4.69) is 17.4 Å². The Morgan fingerprint density at radius 3 is 2.03 bits per heavy atom. The lowest BCUT2D eigenvalue weighted by molar-refractivity contribution is -0.117. The maximum atomic E-state index is 12.4. The molecule has 1 aliphatic carbocycles. The Kier molecular flexibility index (Phi) is 6.45. The van der Waals surface area contributed by atoms with E-state index in [4.69, 9.17) is 4.74 Å². The van der Waals surface area contributed by atoms with Crippen LogP contribution in [0.4, 0.5) is 4.79 Å². The van der Waals surface area contributed by atoms with Crippen molar-refractivity contribution in [2.75, 3.05) is 12.4 Å². The third-order valence-electron chi connectivity index (χ3n) is 5.15. The summed E-state index contributed by atoms with van der Waals surface area (Å²) in [6.45, 7) is 4.85. The topological polar surface area (TPSA) is 102 Å². The van der Waals surface area contributed by atoms with E-state index in [0.29, 0.717) is 0 Å². The Morgan fingerprint density at radius 1 is 1.00 bits per heavy atom. The number of hydrogen-bond donors (Lipinski definition) is 2. The number of amides is 2. The largest absolute Gasteiger partial charge is 0.449 e. The van der Waals surface area contributed by atoms with Gasteiger partial charge in [0.15, 0.2) is 0 Å². The molecule has 2 aromatic rings. The lowest BCUT2D eigenvalue weighted by atomic mass is 9.98. The summed E-state index contributed by atoms with van der Waals surface area (Å²) >= 11 is 0.